The number of nitrogens with one attached hydrogen (secondary N) is 1. The summed E-state index contributed by atoms with van der Waals surface area (Å²) in [5.74, 6) is -0.240. The molecule has 1 aromatic carbocycles. The second-order valence-electron chi connectivity index (χ2n) is 6.21. The predicted molar refractivity (Wildman–Crippen MR) is 92.3 cm³/mol. The summed E-state index contributed by atoms with van der Waals surface area (Å²) in [5, 5.41) is 3.24. The molecule has 0 aliphatic rings. The zero-order valence-corrected chi connectivity index (χ0v) is 15.2. The van der Waals surface area contributed by atoms with Crippen LogP contribution in [0.2, 0.25) is 5.02 Å². The monoisotopic (exact) mass is 342 g/mol. The fourth-order valence-corrected chi connectivity index (χ4v) is 2.94. The minimum Gasteiger partial charge on any atom is -0.350 e. The quantitative estimate of drug-likeness (QED) is 0.836. The van der Waals surface area contributed by atoms with Crippen LogP contribution in [0.15, 0.2) is 29.2 Å². The van der Waals surface area contributed by atoms with E-state index in [4.69, 9.17) is 11.6 Å². The number of hydrogen-bond donors (Lipinski definition) is 1. The van der Waals surface area contributed by atoms with Crippen LogP contribution in [0.5, 0.6) is 0 Å². The highest BCUT2D eigenvalue weighted by Gasteiger charge is 2.22. The summed E-state index contributed by atoms with van der Waals surface area (Å²) >= 11 is 7.29. The van der Waals surface area contributed by atoms with E-state index in [1.165, 1.54) is 16.7 Å². The molecule has 4 nitrogen and oxygen atoms in total. The summed E-state index contributed by atoms with van der Waals surface area (Å²) in [5.41, 5.74) is -0.301. The van der Waals surface area contributed by atoms with Crippen LogP contribution in [-0.4, -0.2) is 41.1 Å². The highest BCUT2D eigenvalue weighted by molar-refractivity contribution is 8.00. The molecule has 0 saturated heterocycles. The van der Waals surface area contributed by atoms with Crippen molar-refractivity contribution in [2.75, 3.05) is 13.6 Å². The minimum absolute atomic E-state index is 0.0572. The van der Waals surface area contributed by atoms with Gasteiger partial charge in [-0.3, -0.25) is 9.59 Å². The minimum atomic E-state index is -0.301. The second-order valence-corrected chi connectivity index (χ2v) is 8.06. The molecule has 2 amide bonds. The van der Waals surface area contributed by atoms with Gasteiger partial charge in [0, 0.05) is 22.5 Å². The van der Waals surface area contributed by atoms with E-state index in [0.717, 1.165) is 4.90 Å². The molecule has 0 saturated carbocycles. The van der Waals surface area contributed by atoms with Crippen molar-refractivity contribution in [2.45, 2.75) is 43.4 Å². The van der Waals surface area contributed by atoms with Gasteiger partial charge in [-0.15, -0.1) is 11.8 Å². The molecule has 1 N–H and O–H groups in total. The zero-order chi connectivity index (χ0) is 16.9. The highest BCUT2D eigenvalue weighted by Crippen LogP contribution is 2.25. The SMILES string of the molecule is CC(Sc1ccc(Cl)cc1)C(=O)N(C)CC(=O)NC(C)(C)C. The van der Waals surface area contributed by atoms with Crippen molar-refractivity contribution in [2.24, 2.45) is 0 Å². The normalized spacial score (nSPS) is 12.6. The Morgan fingerprint density at radius 3 is 2.32 bits per heavy atom. The van der Waals surface area contributed by atoms with Crippen molar-refractivity contribution in [3.63, 3.8) is 0 Å². The van der Waals surface area contributed by atoms with E-state index >= 15 is 0 Å². The third-order valence-corrected chi connectivity index (χ3v) is 4.10. The van der Waals surface area contributed by atoms with E-state index in [-0.39, 0.29) is 29.1 Å². The Morgan fingerprint density at radius 1 is 1.27 bits per heavy atom. The third-order valence-electron chi connectivity index (χ3n) is 2.75. The van der Waals surface area contributed by atoms with Crippen LogP contribution in [0.1, 0.15) is 27.7 Å². The first-order valence-corrected chi connectivity index (χ1v) is 8.32. The van der Waals surface area contributed by atoms with E-state index in [2.05, 4.69) is 5.32 Å². The Morgan fingerprint density at radius 2 is 1.82 bits per heavy atom. The van der Waals surface area contributed by atoms with Crippen molar-refractivity contribution < 1.29 is 9.59 Å². The van der Waals surface area contributed by atoms with Gasteiger partial charge in [-0.05, 0) is 52.0 Å². The molecule has 0 aromatic heterocycles. The summed E-state index contributed by atoms with van der Waals surface area (Å²) in [6.07, 6.45) is 0. The largest absolute Gasteiger partial charge is 0.350 e. The van der Waals surface area contributed by atoms with Crippen molar-refractivity contribution in [1.82, 2.24) is 10.2 Å². The van der Waals surface area contributed by atoms with Crippen LogP contribution < -0.4 is 5.32 Å². The lowest BCUT2D eigenvalue weighted by Gasteiger charge is -2.24. The molecular weight excluding hydrogens is 320 g/mol. The van der Waals surface area contributed by atoms with Crippen molar-refractivity contribution >= 4 is 35.2 Å². The summed E-state index contributed by atoms with van der Waals surface area (Å²) in [7, 11) is 1.64. The molecule has 6 heteroatoms. The molecule has 1 unspecified atom stereocenters. The maximum atomic E-state index is 12.3. The van der Waals surface area contributed by atoms with Gasteiger partial charge in [0.25, 0.3) is 0 Å². The Kier molecular flexibility index (Phi) is 6.75. The number of thioether (sulfide) groups is 1. The van der Waals surface area contributed by atoms with Gasteiger partial charge in [-0.2, -0.15) is 0 Å². The van der Waals surface area contributed by atoms with E-state index < -0.39 is 0 Å². The molecule has 0 heterocycles. The fourth-order valence-electron chi connectivity index (χ4n) is 1.83. The Labute approximate surface area is 141 Å². The van der Waals surface area contributed by atoms with Gasteiger partial charge in [0.1, 0.15) is 0 Å². The predicted octanol–water partition coefficient (Wildman–Crippen LogP) is 3.19. The van der Waals surface area contributed by atoms with Crippen LogP contribution >= 0.6 is 23.4 Å². The van der Waals surface area contributed by atoms with Gasteiger partial charge in [0.05, 0.1) is 11.8 Å². The van der Waals surface area contributed by atoms with Gasteiger partial charge in [-0.1, -0.05) is 11.6 Å². The number of rotatable bonds is 5. The van der Waals surface area contributed by atoms with Crippen molar-refractivity contribution in [3.05, 3.63) is 29.3 Å². The topological polar surface area (TPSA) is 49.4 Å². The maximum absolute atomic E-state index is 12.3. The lowest BCUT2D eigenvalue weighted by molar-refractivity contribution is -0.134. The first-order chi connectivity index (χ1) is 10.1. The number of benzene rings is 1. The molecule has 0 fully saturated rings. The molecule has 0 aliphatic carbocycles. The van der Waals surface area contributed by atoms with Gasteiger partial charge in [0.2, 0.25) is 11.8 Å². The lowest BCUT2D eigenvalue weighted by Crippen LogP contribution is -2.47. The maximum Gasteiger partial charge on any atom is 0.240 e. The van der Waals surface area contributed by atoms with Crippen LogP contribution in [0.4, 0.5) is 0 Å². The van der Waals surface area contributed by atoms with Gasteiger partial charge < -0.3 is 10.2 Å². The van der Waals surface area contributed by atoms with Crippen LogP contribution in [0.25, 0.3) is 0 Å². The number of likely N-dealkylation sites (N-methyl/N-ethyl adjacent to an activating group) is 1. The molecule has 0 aliphatic heterocycles. The van der Waals surface area contributed by atoms with E-state index in [1.54, 1.807) is 19.2 Å². The van der Waals surface area contributed by atoms with E-state index in [1.807, 2.05) is 39.8 Å². The van der Waals surface area contributed by atoms with Crippen molar-refractivity contribution in [1.29, 1.82) is 0 Å². The number of hydrogen-bond acceptors (Lipinski definition) is 3. The van der Waals surface area contributed by atoms with Crippen LogP contribution in [0, 0.1) is 0 Å². The number of halogens is 1. The first kappa shape index (κ1) is 18.8. The number of carbonyl (C=O) groups excluding carboxylic acids is 2. The smallest absolute Gasteiger partial charge is 0.240 e. The third kappa shape index (κ3) is 6.71. The average Bonchev–Trinajstić information content (AvgIpc) is 2.38. The molecule has 1 aromatic rings. The Balaban J connectivity index is 2.54. The first-order valence-electron chi connectivity index (χ1n) is 7.07. The number of amides is 2. The van der Waals surface area contributed by atoms with Crippen LogP contribution in [-0.2, 0) is 9.59 Å². The molecule has 1 atom stereocenters. The standard InChI is InChI=1S/C16H23ClN2O2S/c1-11(22-13-8-6-12(17)7-9-13)15(21)19(5)10-14(20)18-16(2,3)4/h6-9,11H,10H2,1-5H3,(H,18,20). The molecule has 22 heavy (non-hydrogen) atoms. The fraction of sp³-hybridized carbons (Fsp3) is 0.500. The van der Waals surface area contributed by atoms with E-state index in [9.17, 15) is 9.59 Å². The summed E-state index contributed by atoms with van der Waals surface area (Å²) < 4.78 is 0. The molecule has 0 spiro atoms. The van der Waals surface area contributed by atoms with Crippen LogP contribution in [0.3, 0.4) is 0 Å². The Hall–Kier alpha value is -1.20. The van der Waals surface area contributed by atoms with Crippen molar-refractivity contribution in [3.8, 4) is 0 Å². The molecule has 122 valence electrons. The molecule has 1 rings (SSSR count). The zero-order valence-electron chi connectivity index (χ0n) is 13.6. The van der Waals surface area contributed by atoms with E-state index in [0.29, 0.717) is 5.02 Å². The number of carbonyl (C=O) groups is 2. The van der Waals surface area contributed by atoms with Gasteiger partial charge in [-0.25, -0.2) is 0 Å². The summed E-state index contributed by atoms with van der Waals surface area (Å²) in [4.78, 5) is 26.6. The summed E-state index contributed by atoms with van der Waals surface area (Å²) in [6, 6.07) is 7.34. The second kappa shape index (κ2) is 7.88. The van der Waals surface area contributed by atoms with Gasteiger partial charge >= 0.3 is 0 Å². The number of nitrogens with zero attached hydrogens (tertiary/aromatic N) is 1. The molecule has 0 bridgehead atoms. The summed E-state index contributed by atoms with van der Waals surface area (Å²) in [6.45, 7) is 7.62. The highest BCUT2D eigenvalue weighted by atomic mass is 35.5. The van der Waals surface area contributed by atoms with Gasteiger partial charge in [0.15, 0.2) is 0 Å². The molecule has 0 radical (unpaired) electrons. The average molecular weight is 343 g/mol. The Bertz CT molecular complexity index is 526. The molecular formula is C16H23ClN2O2S. The lowest BCUT2D eigenvalue weighted by atomic mass is 10.1.